The summed E-state index contributed by atoms with van der Waals surface area (Å²) in [6.07, 6.45) is 4.49. The van der Waals surface area contributed by atoms with E-state index < -0.39 is 0 Å². The van der Waals surface area contributed by atoms with Gasteiger partial charge in [-0.05, 0) is 44.3 Å². The minimum Gasteiger partial charge on any atom is -0.323 e. The highest BCUT2D eigenvalue weighted by Gasteiger charge is 2.33. The number of aryl methyl sites for hydroxylation is 1. The van der Waals surface area contributed by atoms with Crippen LogP contribution in [0, 0.1) is 0 Å². The van der Waals surface area contributed by atoms with Crippen molar-refractivity contribution in [3.05, 3.63) is 35.9 Å². The van der Waals surface area contributed by atoms with Crippen LogP contribution in [0.1, 0.15) is 31.7 Å². The average molecular weight is 359 g/mol. The molecule has 2 heterocycles. The molecule has 3 rings (SSSR count). The van der Waals surface area contributed by atoms with E-state index in [1.807, 2.05) is 16.8 Å². The standard InChI is InChI=1S/C21H34N4O/c1-3-22-19-11-15-25(16-19)21(26)23(2)20-12-14-24(17-20)13-7-10-18-8-5-4-6-9-18/h4-6,8-9,19-20,22H,3,7,10-17H2,1-2H3/t19-,20-/m0/s1. The van der Waals surface area contributed by atoms with Crippen LogP contribution in [-0.4, -0.2) is 79.1 Å². The first kappa shape index (κ1) is 19.2. The van der Waals surface area contributed by atoms with E-state index in [4.69, 9.17) is 0 Å². The van der Waals surface area contributed by atoms with Gasteiger partial charge in [0, 0.05) is 45.3 Å². The van der Waals surface area contributed by atoms with Gasteiger partial charge in [-0.25, -0.2) is 4.79 Å². The maximum Gasteiger partial charge on any atom is 0.320 e. The summed E-state index contributed by atoms with van der Waals surface area (Å²) in [5, 5.41) is 3.46. The van der Waals surface area contributed by atoms with Gasteiger partial charge >= 0.3 is 6.03 Å². The molecule has 0 spiro atoms. The number of likely N-dealkylation sites (tertiary alicyclic amines) is 2. The predicted molar refractivity (Wildman–Crippen MR) is 106 cm³/mol. The third kappa shape index (κ3) is 4.98. The number of nitrogens with zero attached hydrogens (tertiary/aromatic N) is 3. The molecule has 26 heavy (non-hydrogen) atoms. The predicted octanol–water partition coefficient (Wildman–Crippen LogP) is 2.43. The minimum absolute atomic E-state index is 0.210. The quantitative estimate of drug-likeness (QED) is 0.814. The maximum atomic E-state index is 12.8. The van der Waals surface area contributed by atoms with Crippen LogP contribution in [0.15, 0.2) is 30.3 Å². The first-order valence-corrected chi connectivity index (χ1v) is 10.2. The Morgan fingerprint density at radius 1 is 1.19 bits per heavy atom. The monoisotopic (exact) mass is 358 g/mol. The van der Waals surface area contributed by atoms with Crippen molar-refractivity contribution < 1.29 is 4.79 Å². The molecule has 2 fully saturated rings. The molecule has 1 aromatic rings. The number of carbonyl (C=O) groups is 1. The van der Waals surface area contributed by atoms with Gasteiger partial charge in [-0.2, -0.15) is 0 Å². The fraction of sp³-hybridized carbons (Fsp3) is 0.667. The number of urea groups is 1. The van der Waals surface area contributed by atoms with E-state index in [1.54, 1.807) is 0 Å². The normalized spacial score (nSPS) is 23.5. The number of likely N-dealkylation sites (N-methyl/N-ethyl adjacent to an activating group) is 2. The van der Waals surface area contributed by atoms with Crippen LogP contribution in [0.2, 0.25) is 0 Å². The molecule has 0 aromatic heterocycles. The fourth-order valence-electron chi connectivity index (χ4n) is 4.25. The average Bonchev–Trinajstić information content (AvgIpc) is 3.31. The van der Waals surface area contributed by atoms with Crippen molar-refractivity contribution in [1.82, 2.24) is 20.0 Å². The molecule has 0 saturated carbocycles. The summed E-state index contributed by atoms with van der Waals surface area (Å²) >= 11 is 0. The summed E-state index contributed by atoms with van der Waals surface area (Å²) in [4.78, 5) is 19.3. The van der Waals surface area contributed by atoms with E-state index in [9.17, 15) is 4.79 Å². The number of nitrogens with one attached hydrogen (secondary N) is 1. The molecular formula is C21H34N4O. The Morgan fingerprint density at radius 2 is 2.00 bits per heavy atom. The third-order valence-electron chi connectivity index (χ3n) is 5.83. The first-order valence-electron chi connectivity index (χ1n) is 10.2. The molecule has 2 atom stereocenters. The lowest BCUT2D eigenvalue weighted by atomic mass is 10.1. The largest absolute Gasteiger partial charge is 0.323 e. The van der Waals surface area contributed by atoms with Gasteiger partial charge in [0.15, 0.2) is 0 Å². The zero-order valence-electron chi connectivity index (χ0n) is 16.4. The van der Waals surface area contributed by atoms with Crippen molar-refractivity contribution in [2.24, 2.45) is 0 Å². The van der Waals surface area contributed by atoms with Gasteiger partial charge in [0.05, 0.1) is 0 Å². The fourth-order valence-corrected chi connectivity index (χ4v) is 4.25. The van der Waals surface area contributed by atoms with Crippen molar-refractivity contribution in [3.8, 4) is 0 Å². The smallest absolute Gasteiger partial charge is 0.320 e. The third-order valence-corrected chi connectivity index (χ3v) is 5.83. The summed E-state index contributed by atoms with van der Waals surface area (Å²) in [6, 6.07) is 11.7. The van der Waals surface area contributed by atoms with Crippen LogP contribution in [0.25, 0.3) is 0 Å². The number of amides is 2. The Hall–Kier alpha value is -1.59. The van der Waals surface area contributed by atoms with E-state index in [0.29, 0.717) is 12.1 Å². The van der Waals surface area contributed by atoms with Crippen LogP contribution in [0.4, 0.5) is 4.79 Å². The van der Waals surface area contributed by atoms with E-state index in [0.717, 1.165) is 58.5 Å². The molecule has 2 saturated heterocycles. The van der Waals surface area contributed by atoms with Gasteiger partial charge in [0.1, 0.15) is 0 Å². The Labute approximate surface area is 158 Å². The minimum atomic E-state index is 0.210. The lowest BCUT2D eigenvalue weighted by Gasteiger charge is -2.29. The number of rotatable bonds is 7. The molecule has 5 nitrogen and oxygen atoms in total. The summed E-state index contributed by atoms with van der Waals surface area (Å²) in [5.74, 6) is 0. The van der Waals surface area contributed by atoms with Crippen molar-refractivity contribution in [1.29, 1.82) is 0 Å². The molecule has 5 heteroatoms. The molecule has 2 amide bonds. The second-order valence-electron chi connectivity index (χ2n) is 7.72. The Kier molecular flexibility index (Phi) is 6.92. The maximum absolute atomic E-state index is 12.8. The highest BCUT2D eigenvalue weighted by atomic mass is 16.2. The summed E-state index contributed by atoms with van der Waals surface area (Å²) < 4.78 is 0. The van der Waals surface area contributed by atoms with Gasteiger partial charge in [0.2, 0.25) is 0 Å². The van der Waals surface area contributed by atoms with Crippen LogP contribution in [0.5, 0.6) is 0 Å². The Morgan fingerprint density at radius 3 is 2.77 bits per heavy atom. The van der Waals surface area contributed by atoms with Crippen LogP contribution in [0.3, 0.4) is 0 Å². The van der Waals surface area contributed by atoms with Gasteiger partial charge in [-0.15, -0.1) is 0 Å². The highest BCUT2D eigenvalue weighted by molar-refractivity contribution is 5.75. The topological polar surface area (TPSA) is 38.8 Å². The molecular weight excluding hydrogens is 324 g/mol. The summed E-state index contributed by atoms with van der Waals surface area (Å²) in [6.45, 7) is 8.09. The zero-order chi connectivity index (χ0) is 18.4. The molecule has 0 aliphatic carbocycles. The molecule has 1 N–H and O–H groups in total. The molecule has 2 aliphatic heterocycles. The number of benzene rings is 1. The molecule has 1 aromatic carbocycles. The Balaban J connectivity index is 1.39. The van der Waals surface area contributed by atoms with Gasteiger partial charge in [0.25, 0.3) is 0 Å². The van der Waals surface area contributed by atoms with Crippen LogP contribution < -0.4 is 5.32 Å². The highest BCUT2D eigenvalue weighted by Crippen LogP contribution is 2.19. The molecule has 0 bridgehead atoms. The zero-order valence-corrected chi connectivity index (χ0v) is 16.4. The number of hydrogen-bond donors (Lipinski definition) is 1. The SMILES string of the molecule is CCN[C@H]1CCN(C(=O)N(C)[C@H]2CCN(CCCc3ccccc3)C2)C1. The van der Waals surface area contributed by atoms with E-state index in [1.165, 1.54) is 12.0 Å². The van der Waals surface area contributed by atoms with Crippen molar-refractivity contribution >= 4 is 6.03 Å². The summed E-state index contributed by atoms with van der Waals surface area (Å²) in [7, 11) is 1.99. The van der Waals surface area contributed by atoms with Gasteiger partial charge in [-0.1, -0.05) is 37.3 Å². The van der Waals surface area contributed by atoms with Gasteiger partial charge in [-0.3, -0.25) is 0 Å². The Bertz CT molecular complexity index is 564. The second kappa shape index (κ2) is 9.38. The molecule has 144 valence electrons. The number of hydrogen-bond acceptors (Lipinski definition) is 3. The molecule has 0 radical (unpaired) electrons. The molecule has 0 unspecified atom stereocenters. The molecule has 2 aliphatic rings. The van der Waals surface area contributed by atoms with Crippen molar-refractivity contribution in [3.63, 3.8) is 0 Å². The van der Waals surface area contributed by atoms with Crippen molar-refractivity contribution in [2.45, 2.75) is 44.7 Å². The van der Waals surface area contributed by atoms with Crippen molar-refractivity contribution in [2.75, 3.05) is 46.3 Å². The first-order chi connectivity index (χ1) is 12.7. The van der Waals surface area contributed by atoms with E-state index in [-0.39, 0.29) is 6.03 Å². The van der Waals surface area contributed by atoms with Gasteiger partial charge < -0.3 is 20.0 Å². The van der Waals surface area contributed by atoms with Crippen LogP contribution >= 0.6 is 0 Å². The van der Waals surface area contributed by atoms with Crippen LogP contribution in [-0.2, 0) is 6.42 Å². The summed E-state index contributed by atoms with van der Waals surface area (Å²) in [5.41, 5.74) is 1.42. The second-order valence-corrected chi connectivity index (χ2v) is 7.72. The lowest BCUT2D eigenvalue weighted by Crippen LogP contribution is -2.47. The lowest BCUT2D eigenvalue weighted by molar-refractivity contribution is 0.154. The van der Waals surface area contributed by atoms with E-state index in [2.05, 4.69) is 47.5 Å². The number of carbonyl (C=O) groups excluding carboxylic acids is 1. The van der Waals surface area contributed by atoms with E-state index >= 15 is 0 Å².